The summed E-state index contributed by atoms with van der Waals surface area (Å²) in [5.41, 5.74) is 2.94. The summed E-state index contributed by atoms with van der Waals surface area (Å²) in [5.74, 6) is 0.669. The summed E-state index contributed by atoms with van der Waals surface area (Å²) in [6.45, 7) is 6.48. The fraction of sp³-hybridized carbons (Fsp3) is 0.625. The molecule has 8 rings (SSSR count). The topological polar surface area (TPSA) is 97.4 Å². The van der Waals surface area contributed by atoms with Crippen molar-refractivity contribution in [3.63, 3.8) is 0 Å². The van der Waals surface area contributed by atoms with E-state index in [1.54, 1.807) is 20.1 Å². The molecule has 6 aliphatic rings. The Bertz CT molecular complexity index is 1810. The van der Waals surface area contributed by atoms with Crippen molar-refractivity contribution >= 4 is 33.2 Å². The normalized spacial score (nSPS) is 35.6. The molecule has 11 heteroatoms. The summed E-state index contributed by atoms with van der Waals surface area (Å²) in [7, 11) is -0.274. The predicted octanol–water partition coefficient (Wildman–Crippen LogP) is 6.13. The molecule has 1 amide bonds. The SMILES string of the molecule is COC1CCN(C[C@]2(OC)/C=C/C[C@@H]3C[C@@]3(C)S(=O)(=O)NC(=O)c3ccc4c(c3)N(C[C@@H]3CC[C@H]32)C[C@@]2(CCCc3cc(Cl)ccc32)CO4)CC1. The number of hydrogen-bond donors (Lipinski definition) is 1. The zero-order valence-electron chi connectivity index (χ0n) is 30.2. The molecule has 3 aliphatic heterocycles. The van der Waals surface area contributed by atoms with Gasteiger partial charge in [0.05, 0.1) is 23.1 Å². The number of nitrogens with one attached hydrogen (secondary N) is 1. The number of piperidine rings is 1. The first kappa shape index (κ1) is 35.4. The molecule has 2 aromatic carbocycles. The summed E-state index contributed by atoms with van der Waals surface area (Å²) in [4.78, 5) is 18.6. The Hall–Kier alpha value is -2.63. The molecule has 51 heavy (non-hydrogen) atoms. The smallest absolute Gasteiger partial charge is 0.264 e. The molecule has 1 N–H and O–H groups in total. The third-order valence-electron chi connectivity index (χ3n) is 13.5. The number of carbonyl (C=O) groups is 1. The summed E-state index contributed by atoms with van der Waals surface area (Å²) in [5, 5.41) is 0.748. The highest BCUT2D eigenvalue weighted by Crippen LogP contribution is 2.53. The molecule has 9 nitrogen and oxygen atoms in total. The molecule has 0 radical (unpaired) electrons. The summed E-state index contributed by atoms with van der Waals surface area (Å²) >= 11 is 6.49. The average Bonchev–Trinajstić information content (AvgIpc) is 3.82. The van der Waals surface area contributed by atoms with Gasteiger partial charge in [-0.05, 0) is 124 Å². The number of anilines is 1. The van der Waals surface area contributed by atoms with Crippen LogP contribution in [-0.2, 0) is 31.3 Å². The highest BCUT2D eigenvalue weighted by atomic mass is 35.5. The molecular weight excluding hydrogens is 686 g/mol. The van der Waals surface area contributed by atoms with Crippen LogP contribution in [0.4, 0.5) is 5.69 Å². The lowest BCUT2D eigenvalue weighted by atomic mass is 9.63. The van der Waals surface area contributed by atoms with Gasteiger partial charge in [-0.15, -0.1) is 0 Å². The van der Waals surface area contributed by atoms with Crippen molar-refractivity contribution < 1.29 is 27.4 Å². The maximum Gasteiger partial charge on any atom is 0.264 e. The van der Waals surface area contributed by atoms with Gasteiger partial charge in [0, 0.05) is 62.9 Å². The molecule has 3 heterocycles. The first-order valence-corrected chi connectivity index (χ1v) is 20.7. The number of allylic oxidation sites excluding steroid dienone is 1. The number of sulfonamides is 1. The van der Waals surface area contributed by atoms with Crippen molar-refractivity contribution in [2.75, 3.05) is 58.5 Å². The van der Waals surface area contributed by atoms with Crippen molar-refractivity contribution in [1.29, 1.82) is 0 Å². The molecule has 1 saturated heterocycles. The van der Waals surface area contributed by atoms with Crippen LogP contribution in [0.15, 0.2) is 48.6 Å². The van der Waals surface area contributed by atoms with Crippen LogP contribution in [0.2, 0.25) is 5.02 Å². The maximum absolute atomic E-state index is 13.7. The van der Waals surface area contributed by atoms with Crippen molar-refractivity contribution in [1.82, 2.24) is 9.62 Å². The Kier molecular flexibility index (Phi) is 9.26. The number of rotatable bonds is 4. The zero-order valence-corrected chi connectivity index (χ0v) is 31.7. The second-order valence-corrected chi connectivity index (χ2v) is 19.0. The van der Waals surface area contributed by atoms with Gasteiger partial charge >= 0.3 is 0 Å². The van der Waals surface area contributed by atoms with E-state index in [2.05, 4.69) is 38.8 Å². The van der Waals surface area contributed by atoms with E-state index in [1.807, 2.05) is 25.3 Å². The lowest BCUT2D eigenvalue weighted by Crippen LogP contribution is -2.57. The van der Waals surface area contributed by atoms with Gasteiger partial charge in [0.25, 0.3) is 5.91 Å². The van der Waals surface area contributed by atoms with E-state index in [-0.39, 0.29) is 17.3 Å². The Morgan fingerprint density at radius 2 is 1.90 bits per heavy atom. The van der Waals surface area contributed by atoms with E-state index >= 15 is 0 Å². The number of hydrogen-bond acceptors (Lipinski definition) is 8. The van der Waals surface area contributed by atoms with E-state index in [1.165, 1.54) is 11.1 Å². The van der Waals surface area contributed by atoms with Crippen molar-refractivity contribution in [3.05, 3.63) is 70.3 Å². The van der Waals surface area contributed by atoms with Crippen LogP contribution in [0.25, 0.3) is 0 Å². The van der Waals surface area contributed by atoms with Crippen molar-refractivity contribution in [3.8, 4) is 5.75 Å². The fourth-order valence-electron chi connectivity index (χ4n) is 10.0. The van der Waals surface area contributed by atoms with E-state index in [4.69, 9.17) is 25.8 Å². The minimum atomic E-state index is -3.93. The van der Waals surface area contributed by atoms with E-state index in [0.717, 1.165) is 94.1 Å². The first-order chi connectivity index (χ1) is 24.5. The van der Waals surface area contributed by atoms with E-state index in [0.29, 0.717) is 37.0 Å². The summed E-state index contributed by atoms with van der Waals surface area (Å²) in [6, 6.07) is 11.7. The fourth-order valence-corrected chi connectivity index (χ4v) is 11.8. The molecule has 3 fully saturated rings. The predicted molar refractivity (Wildman–Crippen MR) is 199 cm³/mol. The molecule has 6 atom stereocenters. The summed E-state index contributed by atoms with van der Waals surface area (Å²) in [6.07, 6.45) is 13.0. The molecular formula is C40H52ClN3O6S. The number of fused-ring (bicyclic) bond motifs is 5. The Morgan fingerprint density at radius 3 is 2.65 bits per heavy atom. The van der Waals surface area contributed by atoms with Gasteiger partial charge in [-0.3, -0.25) is 9.69 Å². The van der Waals surface area contributed by atoms with Crippen LogP contribution in [-0.4, -0.2) is 89.2 Å². The number of benzene rings is 2. The zero-order chi connectivity index (χ0) is 35.6. The first-order valence-electron chi connectivity index (χ1n) is 18.8. The van der Waals surface area contributed by atoms with Crippen LogP contribution in [0, 0.1) is 17.8 Å². The van der Waals surface area contributed by atoms with E-state index < -0.39 is 26.3 Å². The molecule has 276 valence electrons. The van der Waals surface area contributed by atoms with Gasteiger partial charge in [-0.1, -0.05) is 29.8 Å². The molecule has 2 bridgehead atoms. The van der Waals surface area contributed by atoms with Gasteiger partial charge in [0.1, 0.15) is 11.4 Å². The number of methoxy groups -OCH3 is 2. The monoisotopic (exact) mass is 737 g/mol. The average molecular weight is 738 g/mol. The highest BCUT2D eigenvalue weighted by molar-refractivity contribution is 7.91. The lowest BCUT2D eigenvalue weighted by molar-refractivity contribution is -0.0974. The molecule has 2 aromatic rings. The van der Waals surface area contributed by atoms with Gasteiger partial charge in [-0.2, -0.15) is 0 Å². The van der Waals surface area contributed by atoms with Gasteiger partial charge in [0.2, 0.25) is 10.0 Å². The molecule has 2 saturated carbocycles. The number of likely N-dealkylation sites (tertiary alicyclic amines) is 1. The second kappa shape index (κ2) is 13.3. The highest BCUT2D eigenvalue weighted by Gasteiger charge is 2.60. The van der Waals surface area contributed by atoms with Crippen LogP contribution in [0.1, 0.15) is 79.8 Å². The Morgan fingerprint density at radius 1 is 1.08 bits per heavy atom. The Labute approximate surface area is 308 Å². The van der Waals surface area contributed by atoms with Crippen LogP contribution >= 0.6 is 11.6 Å². The minimum Gasteiger partial charge on any atom is -0.490 e. The minimum absolute atomic E-state index is 0.0727. The number of carbonyl (C=O) groups excluding carboxylic acids is 1. The van der Waals surface area contributed by atoms with Crippen molar-refractivity contribution in [2.24, 2.45) is 17.8 Å². The number of aryl methyl sites for hydroxylation is 1. The number of halogens is 1. The number of nitrogens with zero attached hydrogens (tertiary/aromatic N) is 2. The maximum atomic E-state index is 13.7. The lowest BCUT2D eigenvalue weighted by Gasteiger charge is -2.52. The molecule has 1 spiro atoms. The Balaban J connectivity index is 1.20. The van der Waals surface area contributed by atoms with Crippen LogP contribution < -0.4 is 14.4 Å². The van der Waals surface area contributed by atoms with Gasteiger partial charge < -0.3 is 19.1 Å². The number of amides is 1. The molecule has 0 unspecified atom stereocenters. The third kappa shape index (κ3) is 6.30. The van der Waals surface area contributed by atoms with E-state index in [9.17, 15) is 13.2 Å². The quantitative estimate of drug-likeness (QED) is 0.375. The molecule has 3 aliphatic carbocycles. The molecule has 0 aromatic heterocycles. The third-order valence-corrected chi connectivity index (χ3v) is 16.0. The van der Waals surface area contributed by atoms with Crippen LogP contribution in [0.5, 0.6) is 5.75 Å². The number of ether oxygens (including phenoxy) is 3. The largest absolute Gasteiger partial charge is 0.490 e. The summed E-state index contributed by atoms with van der Waals surface area (Å²) < 4.78 is 47.9. The van der Waals surface area contributed by atoms with Crippen molar-refractivity contribution in [2.45, 2.75) is 86.6 Å². The standard InChI is InChI=1S/C40H52ClN3O6S/c1-38-22-30(38)7-5-17-40(49-3,25-43-18-14-32(48-2)15-19-43)34-11-8-29(34)23-44-24-39(16-4-6-27-20-31(41)10-12-33(27)39)26-50-36-13-9-28(21-35(36)44)37(45)42-51(38,46)47/h5,9-10,12-13,17,20-21,29-30,32,34H,4,6-8,11,14-16,18-19,22-26H2,1-3H3,(H,42,45)/b17-5+/t29-,30+,34+,38+,39-,40+/m0/s1. The van der Waals surface area contributed by atoms with Crippen LogP contribution in [0.3, 0.4) is 0 Å². The van der Waals surface area contributed by atoms with Gasteiger partial charge in [-0.25, -0.2) is 13.1 Å². The van der Waals surface area contributed by atoms with Gasteiger partial charge in [0.15, 0.2) is 0 Å². The second-order valence-electron chi connectivity index (χ2n) is 16.4.